The van der Waals surface area contributed by atoms with Crippen molar-refractivity contribution in [2.45, 2.75) is 12.8 Å². The number of methoxy groups -OCH3 is 1. The molecule has 1 saturated heterocycles. The molecule has 1 aliphatic rings. The van der Waals surface area contributed by atoms with E-state index < -0.39 is 40.9 Å². The molecule has 3 aromatic carbocycles. The summed E-state index contributed by atoms with van der Waals surface area (Å²) in [5.41, 5.74) is 0.0713. The zero-order chi connectivity index (χ0) is 28.1. The highest BCUT2D eigenvalue weighted by atomic mass is 16.6. The van der Waals surface area contributed by atoms with Crippen LogP contribution in [0.25, 0.3) is 0 Å². The van der Waals surface area contributed by atoms with Crippen molar-refractivity contribution in [1.29, 1.82) is 0 Å². The van der Waals surface area contributed by atoms with Gasteiger partial charge in [0.1, 0.15) is 18.0 Å². The van der Waals surface area contributed by atoms with E-state index in [9.17, 15) is 34.1 Å². The van der Waals surface area contributed by atoms with E-state index in [-0.39, 0.29) is 41.0 Å². The average molecular weight is 531 g/mol. The molecule has 4 rings (SSSR count). The van der Waals surface area contributed by atoms with Crippen LogP contribution in [0.4, 0.5) is 5.69 Å². The summed E-state index contributed by atoms with van der Waals surface area (Å²) in [6.45, 7) is -0.657. The molecule has 0 N–H and O–H groups in total. The minimum Gasteiger partial charge on any atom is -0.497 e. The van der Waals surface area contributed by atoms with Crippen LogP contribution in [0.2, 0.25) is 0 Å². The van der Waals surface area contributed by atoms with Gasteiger partial charge in [0.05, 0.1) is 17.6 Å². The quantitative estimate of drug-likeness (QED) is 0.101. The molecule has 0 aromatic heterocycles. The number of carbonyl (C=O) groups excluding carboxylic acids is 5. The number of benzene rings is 3. The molecule has 0 bridgehead atoms. The van der Waals surface area contributed by atoms with Crippen molar-refractivity contribution in [3.05, 3.63) is 99.6 Å². The van der Waals surface area contributed by atoms with Crippen LogP contribution in [-0.4, -0.2) is 58.1 Å². The molecule has 0 unspecified atom stereocenters. The molecule has 0 radical (unpaired) electrons. The largest absolute Gasteiger partial charge is 0.497 e. The number of hydrogen-bond acceptors (Lipinski definition) is 9. The van der Waals surface area contributed by atoms with Crippen LogP contribution in [0, 0.1) is 10.1 Å². The van der Waals surface area contributed by atoms with Gasteiger partial charge in [-0.1, -0.05) is 6.07 Å². The normalized spacial score (nSPS) is 12.7. The zero-order valence-corrected chi connectivity index (χ0v) is 20.6. The number of rotatable bonds is 9. The Labute approximate surface area is 221 Å². The van der Waals surface area contributed by atoms with Crippen LogP contribution in [0.3, 0.4) is 0 Å². The number of nitro benzene ring substituents is 1. The fourth-order valence-corrected chi connectivity index (χ4v) is 3.79. The summed E-state index contributed by atoms with van der Waals surface area (Å²) in [4.78, 5) is 73.8. The summed E-state index contributed by atoms with van der Waals surface area (Å²) >= 11 is 0. The number of esters is 1. The summed E-state index contributed by atoms with van der Waals surface area (Å²) < 4.78 is 10.4. The lowest BCUT2D eigenvalue weighted by atomic mass is 10.1. The van der Waals surface area contributed by atoms with Gasteiger partial charge in [0.2, 0.25) is 11.8 Å². The number of imide groups is 1. The molecular weight excluding hydrogens is 510 g/mol. The van der Waals surface area contributed by atoms with E-state index in [4.69, 9.17) is 9.47 Å². The van der Waals surface area contributed by atoms with Gasteiger partial charge in [-0.25, -0.2) is 9.80 Å². The summed E-state index contributed by atoms with van der Waals surface area (Å²) in [7, 11) is 1.47. The van der Waals surface area contributed by atoms with Gasteiger partial charge in [-0.05, 0) is 54.6 Å². The molecule has 39 heavy (non-hydrogen) atoms. The van der Waals surface area contributed by atoms with Crippen LogP contribution >= 0.6 is 0 Å². The SMILES string of the molecule is COc1cccc(C(=O)Oc2ccc(C(=O)CN(C(=O)c3ccc([N+](=O)[O-])cc3)N3C(=O)CCC3=O)cc2)c1. The summed E-state index contributed by atoms with van der Waals surface area (Å²) in [5, 5.41) is 12.3. The van der Waals surface area contributed by atoms with E-state index in [1.54, 1.807) is 18.2 Å². The van der Waals surface area contributed by atoms with Crippen molar-refractivity contribution in [2.75, 3.05) is 13.7 Å². The van der Waals surface area contributed by atoms with Crippen molar-refractivity contribution in [3.63, 3.8) is 0 Å². The van der Waals surface area contributed by atoms with Crippen LogP contribution < -0.4 is 9.47 Å². The Kier molecular flexibility index (Phi) is 7.75. The highest BCUT2D eigenvalue weighted by Gasteiger charge is 2.38. The van der Waals surface area contributed by atoms with Crippen LogP contribution in [0.15, 0.2) is 72.8 Å². The lowest BCUT2D eigenvalue weighted by molar-refractivity contribution is -0.384. The third-order valence-electron chi connectivity index (χ3n) is 5.81. The Morgan fingerprint density at radius 3 is 2.08 bits per heavy atom. The van der Waals surface area contributed by atoms with Gasteiger partial charge >= 0.3 is 5.97 Å². The van der Waals surface area contributed by atoms with Crippen LogP contribution in [0.1, 0.15) is 43.9 Å². The average Bonchev–Trinajstić information content (AvgIpc) is 3.28. The lowest BCUT2D eigenvalue weighted by Gasteiger charge is -2.29. The number of nitro groups is 1. The van der Waals surface area contributed by atoms with E-state index in [0.29, 0.717) is 10.8 Å². The zero-order valence-electron chi connectivity index (χ0n) is 20.6. The number of hydrogen-bond donors (Lipinski definition) is 0. The Hall–Kier alpha value is -5.39. The van der Waals surface area contributed by atoms with E-state index in [1.165, 1.54) is 49.6 Å². The highest BCUT2D eigenvalue weighted by molar-refractivity contribution is 6.08. The van der Waals surface area contributed by atoms with Gasteiger partial charge < -0.3 is 9.47 Å². The molecule has 1 fully saturated rings. The maximum Gasteiger partial charge on any atom is 0.343 e. The van der Waals surface area contributed by atoms with Gasteiger partial charge in [-0.2, -0.15) is 5.01 Å². The Bertz CT molecular complexity index is 1450. The third-order valence-corrected chi connectivity index (χ3v) is 5.81. The Balaban J connectivity index is 1.51. The maximum atomic E-state index is 13.2. The first-order valence-electron chi connectivity index (χ1n) is 11.6. The van der Waals surface area contributed by atoms with E-state index >= 15 is 0 Å². The second-order valence-corrected chi connectivity index (χ2v) is 8.34. The van der Waals surface area contributed by atoms with Crippen molar-refractivity contribution in [3.8, 4) is 11.5 Å². The molecule has 0 aliphatic carbocycles. The number of Topliss-reactive ketones (excluding diaryl/α,β-unsaturated/α-hetero) is 1. The molecule has 0 spiro atoms. The van der Waals surface area contributed by atoms with Crippen LogP contribution in [0.5, 0.6) is 11.5 Å². The number of hydrazine groups is 1. The minimum atomic E-state index is -0.856. The molecule has 198 valence electrons. The Morgan fingerprint density at radius 2 is 1.49 bits per heavy atom. The number of nitrogens with zero attached hydrogens (tertiary/aromatic N) is 3. The van der Waals surface area contributed by atoms with E-state index in [0.717, 1.165) is 17.1 Å². The monoisotopic (exact) mass is 531 g/mol. The highest BCUT2D eigenvalue weighted by Crippen LogP contribution is 2.22. The first kappa shape index (κ1) is 26.7. The molecule has 3 aromatic rings. The fourth-order valence-electron chi connectivity index (χ4n) is 3.79. The van der Waals surface area contributed by atoms with Gasteiger partial charge in [-0.3, -0.25) is 29.3 Å². The predicted octanol–water partition coefficient (Wildman–Crippen LogP) is 3.21. The molecule has 1 aliphatic heterocycles. The second-order valence-electron chi connectivity index (χ2n) is 8.34. The van der Waals surface area contributed by atoms with Gasteiger partial charge in [0.25, 0.3) is 11.6 Å². The van der Waals surface area contributed by atoms with Gasteiger partial charge in [0.15, 0.2) is 5.78 Å². The van der Waals surface area contributed by atoms with Crippen molar-refractivity contribution in [2.24, 2.45) is 0 Å². The van der Waals surface area contributed by atoms with Crippen molar-refractivity contribution < 1.29 is 38.4 Å². The molecule has 3 amide bonds. The summed E-state index contributed by atoms with van der Waals surface area (Å²) in [6.07, 6.45) is -0.241. The maximum absolute atomic E-state index is 13.2. The number of amides is 3. The second kappa shape index (κ2) is 11.3. The Morgan fingerprint density at radius 1 is 0.872 bits per heavy atom. The molecule has 12 heteroatoms. The molecule has 1 heterocycles. The number of carbonyl (C=O) groups is 5. The van der Waals surface area contributed by atoms with Gasteiger partial charge in [0, 0.05) is 36.1 Å². The molecule has 0 saturated carbocycles. The fraction of sp³-hybridized carbons (Fsp3) is 0.148. The van der Waals surface area contributed by atoms with E-state index in [2.05, 4.69) is 0 Å². The molecule has 0 atom stereocenters. The van der Waals surface area contributed by atoms with Crippen molar-refractivity contribution >= 4 is 35.2 Å². The standard InChI is InChI=1S/C27H21N3O9/c1-38-22-4-2-3-19(15-22)27(35)39-21-11-7-17(8-12-21)23(31)16-28(29-24(32)13-14-25(29)33)26(34)18-5-9-20(10-6-18)30(36)37/h2-12,15H,13-14,16H2,1H3. The predicted molar refractivity (Wildman–Crippen MR) is 134 cm³/mol. The third kappa shape index (κ3) is 5.96. The number of ether oxygens (including phenoxy) is 2. The first-order valence-corrected chi connectivity index (χ1v) is 11.6. The summed E-state index contributed by atoms with van der Waals surface area (Å²) in [5.74, 6) is -2.77. The lowest BCUT2D eigenvalue weighted by Crippen LogP contribution is -2.51. The minimum absolute atomic E-state index is 0.0549. The molecular formula is C27H21N3O9. The topological polar surface area (TPSA) is 153 Å². The first-order chi connectivity index (χ1) is 18.7. The smallest absolute Gasteiger partial charge is 0.343 e. The van der Waals surface area contributed by atoms with Gasteiger partial charge in [-0.15, -0.1) is 0 Å². The molecule has 12 nitrogen and oxygen atoms in total. The van der Waals surface area contributed by atoms with Crippen LogP contribution in [-0.2, 0) is 9.59 Å². The van der Waals surface area contributed by atoms with E-state index in [1.807, 2.05) is 0 Å². The van der Waals surface area contributed by atoms with Crippen molar-refractivity contribution in [1.82, 2.24) is 10.0 Å². The number of ketones is 1. The summed E-state index contributed by atoms with van der Waals surface area (Å²) in [6, 6.07) is 16.5. The number of non-ortho nitro benzene ring substituents is 1.